The highest BCUT2D eigenvalue weighted by Gasteiger charge is 2.22. The van der Waals surface area contributed by atoms with E-state index in [1.54, 1.807) is 18.8 Å². The first-order valence-electron chi connectivity index (χ1n) is 5.49. The highest BCUT2D eigenvalue weighted by atomic mass is 32.1. The predicted molar refractivity (Wildman–Crippen MR) is 66.0 cm³/mol. The molecule has 0 aliphatic heterocycles. The molecule has 0 saturated carbocycles. The number of carbonyl (C=O) groups excluding carboxylic acids is 1. The van der Waals surface area contributed by atoms with Crippen molar-refractivity contribution in [3.63, 3.8) is 0 Å². The van der Waals surface area contributed by atoms with Gasteiger partial charge in [0, 0.05) is 31.1 Å². The molecule has 1 atom stereocenters. The Labute approximate surface area is 109 Å². The molecule has 7 heteroatoms. The van der Waals surface area contributed by atoms with Crippen molar-refractivity contribution in [1.82, 2.24) is 9.88 Å². The van der Waals surface area contributed by atoms with Crippen molar-refractivity contribution in [3.05, 3.63) is 16.6 Å². The molecule has 6 nitrogen and oxygen atoms in total. The molecule has 1 heterocycles. The van der Waals surface area contributed by atoms with Crippen LogP contribution in [0.2, 0.25) is 0 Å². The molecule has 1 aromatic rings. The molecule has 0 bridgehead atoms. The van der Waals surface area contributed by atoms with Crippen molar-refractivity contribution in [2.45, 2.75) is 19.4 Å². The predicted octanol–water partition coefficient (Wildman–Crippen LogP) is 0.575. The third kappa shape index (κ3) is 4.42. The van der Waals surface area contributed by atoms with E-state index in [1.807, 2.05) is 0 Å². The number of aliphatic hydroxyl groups excluding tert-OH is 1. The lowest BCUT2D eigenvalue weighted by molar-refractivity contribution is -0.146. The minimum atomic E-state index is -1.05. The largest absolute Gasteiger partial charge is 0.481 e. The third-order valence-corrected chi connectivity index (χ3v) is 3.31. The van der Waals surface area contributed by atoms with Crippen LogP contribution in [0, 0.1) is 5.92 Å². The van der Waals surface area contributed by atoms with Gasteiger partial charge in [-0.2, -0.15) is 0 Å². The minimum Gasteiger partial charge on any atom is -0.481 e. The maximum Gasteiger partial charge on any atom is 0.307 e. The number of carboxylic acid groups (broad SMARTS) is 1. The Morgan fingerprint density at radius 2 is 2.28 bits per heavy atom. The number of aliphatic hydroxyl groups is 1. The first kappa shape index (κ1) is 14.6. The van der Waals surface area contributed by atoms with Crippen molar-refractivity contribution in [3.8, 4) is 0 Å². The molecule has 0 radical (unpaired) electrons. The van der Waals surface area contributed by atoms with Crippen LogP contribution in [0.1, 0.15) is 17.7 Å². The average Bonchev–Trinajstić information content (AvgIpc) is 2.80. The Kier molecular flexibility index (Phi) is 5.73. The summed E-state index contributed by atoms with van der Waals surface area (Å²) in [6.07, 6.45) is 1.68. The fourth-order valence-corrected chi connectivity index (χ4v) is 2.12. The molecule has 0 saturated heterocycles. The molecule has 100 valence electrons. The SMILES string of the molecule is CN(Cc1cncs1)C(=O)C[C@@H](CCO)C(=O)O. The van der Waals surface area contributed by atoms with Crippen molar-refractivity contribution in [1.29, 1.82) is 0 Å². The van der Waals surface area contributed by atoms with Gasteiger partial charge in [-0.05, 0) is 6.42 Å². The summed E-state index contributed by atoms with van der Waals surface area (Å²) in [6.45, 7) is 0.192. The van der Waals surface area contributed by atoms with Gasteiger partial charge >= 0.3 is 5.97 Å². The molecule has 0 aromatic carbocycles. The zero-order valence-electron chi connectivity index (χ0n) is 10.1. The summed E-state index contributed by atoms with van der Waals surface area (Å²) in [5, 5.41) is 17.7. The number of nitrogens with zero attached hydrogens (tertiary/aromatic N) is 2. The second kappa shape index (κ2) is 7.07. The van der Waals surface area contributed by atoms with Crippen molar-refractivity contribution < 1.29 is 19.8 Å². The molecule has 0 aliphatic rings. The van der Waals surface area contributed by atoms with E-state index in [0.29, 0.717) is 6.54 Å². The zero-order valence-corrected chi connectivity index (χ0v) is 10.9. The Morgan fingerprint density at radius 1 is 1.56 bits per heavy atom. The van der Waals surface area contributed by atoms with Crippen LogP contribution in [-0.4, -0.2) is 45.6 Å². The molecule has 2 N–H and O–H groups in total. The first-order valence-corrected chi connectivity index (χ1v) is 6.37. The van der Waals surface area contributed by atoms with Crippen LogP contribution in [0.25, 0.3) is 0 Å². The van der Waals surface area contributed by atoms with E-state index in [-0.39, 0.29) is 25.4 Å². The fraction of sp³-hybridized carbons (Fsp3) is 0.545. The summed E-state index contributed by atoms with van der Waals surface area (Å²) in [6, 6.07) is 0. The number of aliphatic carboxylic acids is 1. The van der Waals surface area contributed by atoms with Gasteiger partial charge in [0.25, 0.3) is 0 Å². The number of hydrogen-bond acceptors (Lipinski definition) is 5. The maximum atomic E-state index is 11.8. The Balaban J connectivity index is 2.50. The Bertz CT molecular complexity index is 394. The molecule has 0 fully saturated rings. The number of hydrogen-bond donors (Lipinski definition) is 2. The number of carbonyl (C=O) groups is 2. The molecule has 18 heavy (non-hydrogen) atoms. The maximum absolute atomic E-state index is 11.8. The fourth-order valence-electron chi connectivity index (χ4n) is 1.48. The average molecular weight is 272 g/mol. The van der Waals surface area contributed by atoms with Crippen LogP contribution in [0.3, 0.4) is 0 Å². The molecular formula is C11H16N2O4S. The molecule has 0 aliphatic carbocycles. The topological polar surface area (TPSA) is 90.7 Å². The smallest absolute Gasteiger partial charge is 0.307 e. The van der Waals surface area contributed by atoms with E-state index in [1.165, 1.54) is 16.2 Å². The highest BCUT2D eigenvalue weighted by Crippen LogP contribution is 2.13. The lowest BCUT2D eigenvalue weighted by Gasteiger charge is -2.18. The lowest BCUT2D eigenvalue weighted by atomic mass is 10.0. The Morgan fingerprint density at radius 3 is 2.78 bits per heavy atom. The van der Waals surface area contributed by atoms with Gasteiger partial charge < -0.3 is 15.1 Å². The van der Waals surface area contributed by atoms with Crippen LogP contribution < -0.4 is 0 Å². The van der Waals surface area contributed by atoms with Crippen LogP contribution in [0.15, 0.2) is 11.7 Å². The van der Waals surface area contributed by atoms with Crippen molar-refractivity contribution in [2.75, 3.05) is 13.7 Å². The van der Waals surface area contributed by atoms with Gasteiger partial charge in [-0.15, -0.1) is 11.3 Å². The van der Waals surface area contributed by atoms with E-state index in [2.05, 4.69) is 4.98 Å². The summed E-state index contributed by atoms with van der Waals surface area (Å²) < 4.78 is 0. The number of amides is 1. The molecule has 1 rings (SSSR count). The lowest BCUT2D eigenvalue weighted by Crippen LogP contribution is -2.30. The van der Waals surface area contributed by atoms with Gasteiger partial charge in [0.2, 0.25) is 5.91 Å². The van der Waals surface area contributed by atoms with Gasteiger partial charge in [0.15, 0.2) is 0 Å². The van der Waals surface area contributed by atoms with Crippen molar-refractivity contribution >= 4 is 23.2 Å². The molecule has 1 amide bonds. The van der Waals surface area contributed by atoms with Crippen molar-refractivity contribution in [2.24, 2.45) is 5.92 Å². The van der Waals surface area contributed by atoms with Crippen LogP contribution in [0.5, 0.6) is 0 Å². The van der Waals surface area contributed by atoms with E-state index in [0.717, 1.165) is 4.88 Å². The molecule has 1 aromatic heterocycles. The van der Waals surface area contributed by atoms with E-state index < -0.39 is 11.9 Å². The van der Waals surface area contributed by atoms with Crippen LogP contribution in [-0.2, 0) is 16.1 Å². The normalized spacial score (nSPS) is 12.1. The van der Waals surface area contributed by atoms with E-state index in [4.69, 9.17) is 10.2 Å². The zero-order chi connectivity index (χ0) is 13.5. The van der Waals surface area contributed by atoms with Crippen LogP contribution >= 0.6 is 11.3 Å². The molecule has 0 spiro atoms. The second-order valence-corrected chi connectivity index (χ2v) is 4.94. The van der Waals surface area contributed by atoms with Gasteiger partial charge in [-0.25, -0.2) is 0 Å². The van der Waals surface area contributed by atoms with Gasteiger partial charge in [0.1, 0.15) is 0 Å². The van der Waals surface area contributed by atoms with E-state index in [9.17, 15) is 9.59 Å². The quantitative estimate of drug-likeness (QED) is 0.757. The first-order chi connectivity index (χ1) is 8.54. The number of aromatic nitrogens is 1. The Hall–Kier alpha value is -1.47. The molecular weight excluding hydrogens is 256 g/mol. The summed E-state index contributed by atoms with van der Waals surface area (Å²) in [4.78, 5) is 29.0. The standard InChI is InChI=1S/C11H16N2O4S/c1-13(6-9-5-12-7-18-9)10(15)4-8(2-3-14)11(16)17/h5,7-8,14H,2-4,6H2,1H3,(H,16,17)/t8-/m1/s1. The summed E-state index contributed by atoms with van der Waals surface area (Å²) in [5.74, 6) is -2.13. The highest BCUT2D eigenvalue weighted by molar-refractivity contribution is 7.09. The number of thiazole rings is 1. The van der Waals surface area contributed by atoms with E-state index >= 15 is 0 Å². The van der Waals surface area contributed by atoms with Gasteiger partial charge in [-0.1, -0.05) is 0 Å². The summed E-state index contributed by atoms with van der Waals surface area (Å²) in [5.41, 5.74) is 1.68. The minimum absolute atomic E-state index is 0.0921. The third-order valence-electron chi connectivity index (χ3n) is 2.55. The molecule has 0 unspecified atom stereocenters. The van der Waals surface area contributed by atoms with Crippen LogP contribution in [0.4, 0.5) is 0 Å². The summed E-state index contributed by atoms with van der Waals surface area (Å²) in [7, 11) is 1.62. The summed E-state index contributed by atoms with van der Waals surface area (Å²) >= 11 is 1.44. The monoisotopic (exact) mass is 272 g/mol. The number of rotatable bonds is 7. The number of carboxylic acids is 1. The second-order valence-electron chi connectivity index (χ2n) is 3.97. The van der Waals surface area contributed by atoms with Gasteiger partial charge in [-0.3, -0.25) is 14.6 Å². The van der Waals surface area contributed by atoms with Gasteiger partial charge in [0.05, 0.1) is 18.0 Å².